The van der Waals surface area contributed by atoms with Gasteiger partial charge in [0, 0.05) is 11.8 Å². The Morgan fingerprint density at radius 3 is 2.64 bits per heavy atom. The highest BCUT2D eigenvalue weighted by Crippen LogP contribution is 2.22. The number of carbonyl (C=O) groups is 2. The van der Waals surface area contributed by atoms with Gasteiger partial charge in [0.1, 0.15) is 11.6 Å². The van der Waals surface area contributed by atoms with E-state index in [1.54, 1.807) is 16.7 Å². The van der Waals surface area contributed by atoms with Crippen molar-refractivity contribution in [3.8, 4) is 5.69 Å². The molecule has 0 saturated heterocycles. The summed E-state index contributed by atoms with van der Waals surface area (Å²) in [6.07, 6.45) is 3.17. The molecule has 0 bridgehead atoms. The molecule has 2 aromatic carbocycles. The van der Waals surface area contributed by atoms with Crippen molar-refractivity contribution in [1.29, 1.82) is 0 Å². The van der Waals surface area contributed by atoms with E-state index in [-0.39, 0.29) is 11.4 Å². The molecule has 3 aromatic rings. The van der Waals surface area contributed by atoms with Gasteiger partial charge < -0.3 is 10.1 Å². The monoisotopic (exact) mass is 403 g/mol. The number of halogens is 2. The van der Waals surface area contributed by atoms with E-state index in [9.17, 15) is 18.4 Å². The van der Waals surface area contributed by atoms with Gasteiger partial charge in [-0.05, 0) is 30.5 Å². The molecular weight excluding hydrogens is 388 g/mol. The number of para-hydroxylation sites is 1. The van der Waals surface area contributed by atoms with Crippen LogP contribution in [0, 0.1) is 11.6 Å². The summed E-state index contributed by atoms with van der Waals surface area (Å²) in [5.41, 5.74) is 0.517. The van der Waals surface area contributed by atoms with Gasteiger partial charge in [0.05, 0.1) is 11.9 Å². The van der Waals surface area contributed by atoms with Crippen LogP contribution in [0.2, 0.25) is 0 Å². The molecule has 1 amide bonds. The second-order valence-electron chi connectivity index (χ2n) is 5.55. The minimum Gasteiger partial charge on any atom is -0.451 e. The summed E-state index contributed by atoms with van der Waals surface area (Å²) in [7, 11) is 0. The summed E-state index contributed by atoms with van der Waals surface area (Å²) >= 11 is 1.35. The van der Waals surface area contributed by atoms with Gasteiger partial charge in [0.2, 0.25) is 0 Å². The lowest BCUT2D eigenvalue weighted by molar-refractivity contribution is -0.119. The van der Waals surface area contributed by atoms with Crippen molar-refractivity contribution in [2.24, 2.45) is 0 Å². The topological polar surface area (TPSA) is 73.2 Å². The average Bonchev–Trinajstić information content (AvgIpc) is 3.14. The maximum atomic E-state index is 13.6. The third-order valence-electron chi connectivity index (χ3n) is 3.67. The summed E-state index contributed by atoms with van der Waals surface area (Å²) in [5.74, 6) is -3.07. The van der Waals surface area contributed by atoms with Crippen LogP contribution < -0.4 is 5.32 Å². The van der Waals surface area contributed by atoms with Crippen LogP contribution in [0.5, 0.6) is 0 Å². The molecule has 1 aromatic heterocycles. The van der Waals surface area contributed by atoms with Crippen LogP contribution in [0.25, 0.3) is 5.69 Å². The van der Waals surface area contributed by atoms with Gasteiger partial charge in [0.15, 0.2) is 17.5 Å². The summed E-state index contributed by atoms with van der Waals surface area (Å²) in [4.78, 5) is 28.5. The lowest BCUT2D eigenvalue weighted by Crippen LogP contribution is -2.22. The number of imidazole rings is 1. The normalized spacial score (nSPS) is 10.5. The zero-order chi connectivity index (χ0) is 20.1. The Bertz CT molecular complexity index is 1010. The maximum absolute atomic E-state index is 13.6. The summed E-state index contributed by atoms with van der Waals surface area (Å²) in [6.45, 7) is -0.663. The number of amides is 1. The van der Waals surface area contributed by atoms with Crippen LogP contribution in [0.3, 0.4) is 0 Å². The minimum absolute atomic E-state index is 0.139. The number of anilines is 1. The SMILES string of the molecule is CSc1ncc(C(=O)OCC(=O)Nc2cc(F)ccc2F)n1-c1ccccc1. The van der Waals surface area contributed by atoms with E-state index >= 15 is 0 Å². The molecule has 0 aliphatic heterocycles. The van der Waals surface area contributed by atoms with Crippen molar-refractivity contribution in [3.63, 3.8) is 0 Å². The van der Waals surface area contributed by atoms with Gasteiger partial charge in [-0.3, -0.25) is 9.36 Å². The molecule has 0 fully saturated rings. The molecule has 0 atom stereocenters. The van der Waals surface area contributed by atoms with Crippen molar-refractivity contribution in [2.45, 2.75) is 5.16 Å². The fraction of sp³-hybridized carbons (Fsp3) is 0.105. The van der Waals surface area contributed by atoms with E-state index < -0.39 is 30.1 Å². The van der Waals surface area contributed by atoms with Crippen LogP contribution in [-0.4, -0.2) is 34.3 Å². The zero-order valence-electron chi connectivity index (χ0n) is 14.7. The highest BCUT2D eigenvalue weighted by Gasteiger charge is 2.20. The quantitative estimate of drug-likeness (QED) is 0.502. The highest BCUT2D eigenvalue weighted by molar-refractivity contribution is 7.98. The van der Waals surface area contributed by atoms with E-state index in [2.05, 4.69) is 10.3 Å². The smallest absolute Gasteiger partial charge is 0.357 e. The second-order valence-corrected chi connectivity index (χ2v) is 6.32. The zero-order valence-corrected chi connectivity index (χ0v) is 15.5. The maximum Gasteiger partial charge on any atom is 0.357 e. The largest absolute Gasteiger partial charge is 0.451 e. The van der Waals surface area contributed by atoms with E-state index in [1.807, 2.05) is 24.5 Å². The second kappa shape index (κ2) is 8.66. The molecule has 3 rings (SSSR count). The third-order valence-corrected chi connectivity index (χ3v) is 4.33. The third kappa shape index (κ3) is 4.37. The van der Waals surface area contributed by atoms with Crippen molar-refractivity contribution >= 4 is 29.3 Å². The number of carbonyl (C=O) groups excluding carboxylic acids is 2. The molecule has 1 heterocycles. The number of ether oxygens (including phenoxy) is 1. The number of nitrogens with zero attached hydrogens (tertiary/aromatic N) is 2. The standard InChI is InChI=1S/C19H15F2N3O3S/c1-28-19-22-10-16(24(19)13-5-3-2-4-6-13)18(26)27-11-17(25)23-15-9-12(20)7-8-14(15)21/h2-10H,11H2,1H3,(H,23,25). The van der Waals surface area contributed by atoms with Crippen LogP contribution in [0.4, 0.5) is 14.5 Å². The molecule has 0 aliphatic carbocycles. The van der Waals surface area contributed by atoms with Gasteiger partial charge in [0.25, 0.3) is 5.91 Å². The predicted octanol–water partition coefficient (Wildman–Crippen LogP) is 3.67. The van der Waals surface area contributed by atoms with Gasteiger partial charge in [-0.15, -0.1) is 0 Å². The molecule has 0 spiro atoms. The van der Waals surface area contributed by atoms with E-state index in [1.165, 1.54) is 18.0 Å². The first-order chi connectivity index (χ1) is 13.5. The summed E-state index contributed by atoms with van der Waals surface area (Å²) in [6, 6.07) is 11.7. The van der Waals surface area contributed by atoms with Crippen molar-refractivity contribution < 1.29 is 23.1 Å². The number of aromatic nitrogens is 2. The number of hydrogen-bond donors (Lipinski definition) is 1. The van der Waals surface area contributed by atoms with Crippen LogP contribution in [-0.2, 0) is 9.53 Å². The molecule has 6 nitrogen and oxygen atoms in total. The summed E-state index contributed by atoms with van der Waals surface area (Å²) in [5, 5.41) is 2.74. The molecular formula is C19H15F2N3O3S. The van der Waals surface area contributed by atoms with Gasteiger partial charge in [-0.2, -0.15) is 0 Å². The first-order valence-electron chi connectivity index (χ1n) is 8.08. The Labute approximate surface area is 163 Å². The molecule has 9 heteroatoms. The van der Waals surface area contributed by atoms with Gasteiger partial charge in [-0.1, -0.05) is 30.0 Å². The van der Waals surface area contributed by atoms with E-state index in [0.717, 1.165) is 18.2 Å². The van der Waals surface area contributed by atoms with Crippen molar-refractivity contribution in [1.82, 2.24) is 9.55 Å². The Hall–Kier alpha value is -3.20. The van der Waals surface area contributed by atoms with Crippen LogP contribution >= 0.6 is 11.8 Å². The molecule has 1 N–H and O–H groups in total. The fourth-order valence-corrected chi connectivity index (χ4v) is 2.98. The van der Waals surface area contributed by atoms with Gasteiger partial charge in [-0.25, -0.2) is 18.6 Å². The number of hydrogen-bond acceptors (Lipinski definition) is 5. The fourth-order valence-electron chi connectivity index (χ4n) is 2.43. The number of rotatable bonds is 6. The molecule has 0 unspecified atom stereocenters. The van der Waals surface area contributed by atoms with Crippen molar-refractivity contribution in [2.75, 3.05) is 18.2 Å². The number of nitrogens with one attached hydrogen (secondary N) is 1. The Balaban J connectivity index is 1.71. The number of esters is 1. The molecule has 28 heavy (non-hydrogen) atoms. The van der Waals surface area contributed by atoms with Crippen molar-refractivity contribution in [3.05, 3.63) is 72.1 Å². The Morgan fingerprint density at radius 2 is 1.93 bits per heavy atom. The predicted molar refractivity (Wildman–Crippen MR) is 101 cm³/mol. The highest BCUT2D eigenvalue weighted by atomic mass is 32.2. The minimum atomic E-state index is -0.798. The first-order valence-corrected chi connectivity index (χ1v) is 9.31. The Morgan fingerprint density at radius 1 is 1.18 bits per heavy atom. The lowest BCUT2D eigenvalue weighted by atomic mass is 10.3. The van der Waals surface area contributed by atoms with Crippen LogP contribution in [0.15, 0.2) is 59.9 Å². The molecule has 144 valence electrons. The summed E-state index contributed by atoms with van der Waals surface area (Å²) < 4.78 is 33.4. The molecule has 0 saturated carbocycles. The van der Waals surface area contributed by atoms with Crippen LogP contribution in [0.1, 0.15) is 10.5 Å². The lowest BCUT2D eigenvalue weighted by Gasteiger charge is -2.11. The first kappa shape index (κ1) is 19.6. The van der Waals surface area contributed by atoms with E-state index in [0.29, 0.717) is 10.8 Å². The molecule has 0 radical (unpaired) electrons. The van der Waals surface area contributed by atoms with Gasteiger partial charge >= 0.3 is 5.97 Å². The number of thioether (sulfide) groups is 1. The molecule has 0 aliphatic rings. The van der Waals surface area contributed by atoms with E-state index in [4.69, 9.17) is 4.74 Å². The Kier molecular flexibility index (Phi) is 6.05. The number of benzene rings is 2. The average molecular weight is 403 g/mol.